The van der Waals surface area contributed by atoms with Crippen molar-refractivity contribution in [1.29, 1.82) is 0 Å². The highest BCUT2D eigenvalue weighted by atomic mass is 35.5. The number of rotatable bonds is 5. The third kappa shape index (κ3) is 3.96. The number of nitrogens with zero attached hydrogens (tertiary/aromatic N) is 1. The van der Waals surface area contributed by atoms with Gasteiger partial charge in [-0.2, -0.15) is 0 Å². The second-order valence-corrected chi connectivity index (χ2v) is 4.59. The summed E-state index contributed by atoms with van der Waals surface area (Å²) >= 11 is 5.86. The van der Waals surface area contributed by atoms with Crippen LogP contribution in [-0.2, 0) is 9.59 Å². The van der Waals surface area contributed by atoms with Crippen LogP contribution in [0.15, 0.2) is 24.3 Å². The maximum absolute atomic E-state index is 11.8. The first-order valence-electron chi connectivity index (χ1n) is 5.85. The Labute approximate surface area is 121 Å². The van der Waals surface area contributed by atoms with Gasteiger partial charge in [-0.15, -0.1) is 0 Å². The van der Waals surface area contributed by atoms with Gasteiger partial charge in [0.15, 0.2) is 0 Å². The van der Waals surface area contributed by atoms with Crippen LogP contribution in [0.4, 0.5) is 0 Å². The van der Waals surface area contributed by atoms with Gasteiger partial charge in [-0.05, 0) is 19.1 Å². The number of carboxylic acid groups (broad SMARTS) is 1. The zero-order valence-corrected chi connectivity index (χ0v) is 11.8. The molecule has 0 saturated carbocycles. The van der Waals surface area contributed by atoms with E-state index in [0.717, 1.165) is 4.90 Å². The highest BCUT2D eigenvalue weighted by Crippen LogP contribution is 2.14. The SMILES string of the molecule is CC(C(=O)O)N(C)C(=O)CNC(=O)c1ccccc1Cl. The highest BCUT2D eigenvalue weighted by molar-refractivity contribution is 6.33. The minimum absolute atomic E-state index is 0.260. The Morgan fingerprint density at radius 1 is 1.35 bits per heavy atom. The number of carboxylic acids is 1. The van der Waals surface area contributed by atoms with Gasteiger partial charge in [0.25, 0.3) is 5.91 Å². The van der Waals surface area contributed by atoms with Crippen molar-refractivity contribution in [1.82, 2.24) is 10.2 Å². The lowest BCUT2D eigenvalue weighted by atomic mass is 10.2. The second-order valence-electron chi connectivity index (χ2n) is 4.18. The lowest BCUT2D eigenvalue weighted by Crippen LogP contribution is -2.45. The van der Waals surface area contributed by atoms with Gasteiger partial charge in [-0.1, -0.05) is 23.7 Å². The predicted molar refractivity (Wildman–Crippen MR) is 73.7 cm³/mol. The van der Waals surface area contributed by atoms with E-state index >= 15 is 0 Å². The molecule has 0 spiro atoms. The lowest BCUT2D eigenvalue weighted by Gasteiger charge is -2.21. The maximum Gasteiger partial charge on any atom is 0.326 e. The number of aliphatic carboxylic acids is 1. The summed E-state index contributed by atoms with van der Waals surface area (Å²) in [5.74, 6) is -2.10. The third-order valence-electron chi connectivity index (χ3n) is 2.85. The summed E-state index contributed by atoms with van der Waals surface area (Å²) in [6, 6.07) is 5.48. The van der Waals surface area contributed by atoms with Crippen molar-refractivity contribution in [2.75, 3.05) is 13.6 Å². The second kappa shape index (κ2) is 6.91. The molecule has 7 heteroatoms. The van der Waals surface area contributed by atoms with Crippen LogP contribution in [0.2, 0.25) is 5.02 Å². The highest BCUT2D eigenvalue weighted by Gasteiger charge is 2.22. The Morgan fingerprint density at radius 3 is 2.50 bits per heavy atom. The standard InChI is InChI=1S/C13H15ClN2O4/c1-8(13(19)20)16(2)11(17)7-15-12(18)9-5-3-4-6-10(9)14/h3-6,8H,7H2,1-2H3,(H,15,18)(H,19,20). The number of nitrogens with one attached hydrogen (secondary N) is 1. The first-order valence-corrected chi connectivity index (χ1v) is 6.23. The molecular weight excluding hydrogens is 284 g/mol. The van der Waals surface area contributed by atoms with Crippen LogP contribution >= 0.6 is 11.6 Å². The van der Waals surface area contributed by atoms with E-state index in [4.69, 9.17) is 16.7 Å². The van der Waals surface area contributed by atoms with E-state index in [1.807, 2.05) is 0 Å². The van der Waals surface area contributed by atoms with Crippen LogP contribution in [0.1, 0.15) is 17.3 Å². The number of carbonyl (C=O) groups is 3. The molecule has 1 atom stereocenters. The van der Waals surface area contributed by atoms with Gasteiger partial charge in [-0.3, -0.25) is 9.59 Å². The largest absolute Gasteiger partial charge is 0.480 e. The van der Waals surface area contributed by atoms with E-state index < -0.39 is 23.8 Å². The summed E-state index contributed by atoms with van der Waals surface area (Å²) in [5, 5.41) is 11.5. The molecule has 6 nitrogen and oxygen atoms in total. The number of amides is 2. The first kappa shape index (κ1) is 16.0. The fourth-order valence-corrected chi connectivity index (χ4v) is 1.62. The molecule has 0 heterocycles. The monoisotopic (exact) mass is 298 g/mol. The first-order chi connectivity index (χ1) is 9.34. The minimum atomic E-state index is -1.11. The van der Waals surface area contributed by atoms with E-state index in [0.29, 0.717) is 0 Å². The number of hydrogen-bond donors (Lipinski definition) is 2. The van der Waals surface area contributed by atoms with Gasteiger partial charge in [-0.25, -0.2) is 4.79 Å². The minimum Gasteiger partial charge on any atom is -0.480 e. The Bertz CT molecular complexity index is 533. The molecule has 1 rings (SSSR count). The number of likely N-dealkylation sites (N-methyl/N-ethyl adjacent to an activating group) is 1. The van der Waals surface area contributed by atoms with Crippen LogP contribution in [0.5, 0.6) is 0 Å². The van der Waals surface area contributed by atoms with Crippen molar-refractivity contribution in [2.45, 2.75) is 13.0 Å². The van der Waals surface area contributed by atoms with Crippen molar-refractivity contribution in [2.24, 2.45) is 0 Å². The number of halogens is 1. The molecule has 108 valence electrons. The van der Waals surface area contributed by atoms with Crippen molar-refractivity contribution in [3.8, 4) is 0 Å². The zero-order valence-electron chi connectivity index (χ0n) is 11.1. The summed E-state index contributed by atoms with van der Waals surface area (Å²) in [7, 11) is 1.36. The van der Waals surface area contributed by atoms with Crippen LogP contribution in [0.3, 0.4) is 0 Å². The number of hydrogen-bond acceptors (Lipinski definition) is 3. The van der Waals surface area contributed by atoms with Gasteiger partial charge < -0.3 is 15.3 Å². The molecule has 0 bridgehead atoms. The van der Waals surface area contributed by atoms with E-state index in [1.54, 1.807) is 18.2 Å². The average Bonchev–Trinajstić information content (AvgIpc) is 2.43. The molecule has 2 amide bonds. The zero-order chi connectivity index (χ0) is 15.3. The van der Waals surface area contributed by atoms with Gasteiger partial charge >= 0.3 is 5.97 Å². The van der Waals surface area contributed by atoms with E-state index in [9.17, 15) is 14.4 Å². The molecule has 0 aliphatic rings. The molecule has 2 N–H and O–H groups in total. The summed E-state index contributed by atoms with van der Waals surface area (Å²) in [6.45, 7) is 1.09. The van der Waals surface area contributed by atoms with Crippen LogP contribution in [0, 0.1) is 0 Å². The van der Waals surface area contributed by atoms with Crippen molar-refractivity contribution in [3.63, 3.8) is 0 Å². The quantitative estimate of drug-likeness (QED) is 0.849. The van der Waals surface area contributed by atoms with Gasteiger partial charge in [0.1, 0.15) is 6.04 Å². The lowest BCUT2D eigenvalue weighted by molar-refractivity contribution is -0.147. The molecule has 1 aromatic carbocycles. The van der Waals surface area contributed by atoms with E-state index in [1.165, 1.54) is 20.0 Å². The van der Waals surface area contributed by atoms with Gasteiger partial charge in [0.05, 0.1) is 17.1 Å². The number of carbonyl (C=O) groups excluding carboxylic acids is 2. The average molecular weight is 299 g/mol. The fourth-order valence-electron chi connectivity index (χ4n) is 1.40. The Kier molecular flexibility index (Phi) is 5.52. The molecule has 1 unspecified atom stereocenters. The summed E-state index contributed by atoms with van der Waals surface area (Å²) in [4.78, 5) is 35.3. The van der Waals surface area contributed by atoms with Crippen molar-refractivity contribution < 1.29 is 19.5 Å². The van der Waals surface area contributed by atoms with E-state index in [2.05, 4.69) is 5.32 Å². The molecule has 0 aliphatic heterocycles. The van der Waals surface area contributed by atoms with Gasteiger partial charge in [0, 0.05) is 7.05 Å². The number of benzene rings is 1. The molecule has 20 heavy (non-hydrogen) atoms. The molecule has 0 radical (unpaired) electrons. The summed E-state index contributed by atoms with van der Waals surface area (Å²) in [5.41, 5.74) is 0.260. The van der Waals surface area contributed by atoms with Crippen LogP contribution < -0.4 is 5.32 Å². The molecule has 0 saturated heterocycles. The summed E-state index contributed by atoms with van der Waals surface area (Å²) < 4.78 is 0. The van der Waals surface area contributed by atoms with Crippen molar-refractivity contribution in [3.05, 3.63) is 34.9 Å². The van der Waals surface area contributed by atoms with Crippen LogP contribution in [-0.4, -0.2) is 47.4 Å². The van der Waals surface area contributed by atoms with E-state index in [-0.39, 0.29) is 17.1 Å². The summed E-state index contributed by atoms with van der Waals surface area (Å²) in [6.07, 6.45) is 0. The molecular formula is C13H15ClN2O4. The van der Waals surface area contributed by atoms with Gasteiger partial charge in [0.2, 0.25) is 5.91 Å². The maximum atomic E-state index is 11.8. The molecule has 0 fully saturated rings. The smallest absolute Gasteiger partial charge is 0.326 e. The molecule has 0 aliphatic carbocycles. The predicted octanol–water partition coefficient (Wildman–Crippen LogP) is 1.00. The Hall–Kier alpha value is -2.08. The molecule has 1 aromatic rings. The third-order valence-corrected chi connectivity index (χ3v) is 3.18. The Balaban J connectivity index is 2.60. The normalized spacial score (nSPS) is 11.6. The van der Waals surface area contributed by atoms with Crippen LogP contribution in [0.25, 0.3) is 0 Å². The van der Waals surface area contributed by atoms with Crippen molar-refractivity contribution >= 4 is 29.4 Å². The molecule has 0 aromatic heterocycles. The topological polar surface area (TPSA) is 86.7 Å². The Morgan fingerprint density at radius 2 is 1.95 bits per heavy atom. The fraction of sp³-hybridized carbons (Fsp3) is 0.308.